The molecule has 0 radical (unpaired) electrons. The number of hydrogen-bond acceptors (Lipinski definition) is 1. The van der Waals surface area contributed by atoms with Crippen molar-refractivity contribution in [2.24, 2.45) is 0 Å². The van der Waals surface area contributed by atoms with Crippen molar-refractivity contribution < 1.29 is 4.79 Å². The van der Waals surface area contributed by atoms with Crippen molar-refractivity contribution in [2.75, 3.05) is 0 Å². The van der Waals surface area contributed by atoms with Gasteiger partial charge in [-0.2, -0.15) is 4.79 Å². The zero-order valence-corrected chi connectivity index (χ0v) is 11.9. The van der Waals surface area contributed by atoms with E-state index in [1.54, 1.807) is 0 Å². The van der Waals surface area contributed by atoms with E-state index < -0.39 is 0 Å². The van der Waals surface area contributed by atoms with Crippen molar-refractivity contribution >= 4 is 21.6 Å². The highest BCUT2D eigenvalue weighted by molar-refractivity contribution is 9.10. The SMILES string of the molecule is [N-]=[N+]=C(c1cccc(Br)c1)c1cc2c(cn1)CCC2. The van der Waals surface area contributed by atoms with E-state index in [4.69, 9.17) is 0 Å². The van der Waals surface area contributed by atoms with Gasteiger partial charge in [-0.3, -0.25) is 0 Å². The number of halogens is 1. The summed E-state index contributed by atoms with van der Waals surface area (Å²) in [7, 11) is 0. The minimum Gasteiger partial charge on any atom is -0.361 e. The fraction of sp³-hybridized carbons (Fsp3) is 0.200. The van der Waals surface area contributed by atoms with Crippen LogP contribution in [0.4, 0.5) is 0 Å². The Bertz CT molecular complexity index is 688. The first-order valence-electron chi connectivity index (χ1n) is 6.24. The van der Waals surface area contributed by atoms with Gasteiger partial charge >= 0.3 is 5.71 Å². The minimum absolute atomic E-state index is 0.510. The fourth-order valence-electron chi connectivity index (χ4n) is 2.47. The minimum atomic E-state index is 0.510. The van der Waals surface area contributed by atoms with Gasteiger partial charge in [-0.25, -0.2) is 4.98 Å². The van der Waals surface area contributed by atoms with E-state index in [0.29, 0.717) is 5.71 Å². The van der Waals surface area contributed by atoms with Gasteiger partial charge in [0.2, 0.25) is 0 Å². The molecule has 19 heavy (non-hydrogen) atoms. The number of aromatic nitrogens is 1. The summed E-state index contributed by atoms with van der Waals surface area (Å²) in [5.74, 6) is 0. The summed E-state index contributed by atoms with van der Waals surface area (Å²) in [5.41, 5.74) is 14.0. The lowest BCUT2D eigenvalue weighted by Gasteiger charge is -2.01. The molecular formula is C15H12BrN3. The summed E-state index contributed by atoms with van der Waals surface area (Å²) in [6.45, 7) is 0. The normalized spacial score (nSPS) is 12.9. The molecule has 0 fully saturated rings. The number of benzene rings is 1. The zero-order chi connectivity index (χ0) is 13.2. The summed E-state index contributed by atoms with van der Waals surface area (Å²) in [6.07, 6.45) is 5.27. The van der Waals surface area contributed by atoms with Crippen LogP contribution in [0.25, 0.3) is 5.53 Å². The van der Waals surface area contributed by atoms with Crippen LogP contribution >= 0.6 is 15.9 Å². The molecule has 0 bridgehead atoms. The molecule has 0 amide bonds. The van der Waals surface area contributed by atoms with Gasteiger partial charge in [0, 0.05) is 10.7 Å². The second-order valence-corrected chi connectivity index (χ2v) is 5.57. The molecule has 0 aliphatic heterocycles. The smallest absolute Gasteiger partial charge is 0.347 e. The van der Waals surface area contributed by atoms with Gasteiger partial charge in [0.15, 0.2) is 5.69 Å². The second-order valence-electron chi connectivity index (χ2n) is 4.65. The highest BCUT2D eigenvalue weighted by Gasteiger charge is 2.20. The van der Waals surface area contributed by atoms with Gasteiger partial charge in [0.1, 0.15) is 0 Å². The van der Waals surface area contributed by atoms with E-state index in [9.17, 15) is 5.53 Å². The Labute approximate surface area is 120 Å². The third-order valence-electron chi connectivity index (χ3n) is 3.42. The van der Waals surface area contributed by atoms with Crippen molar-refractivity contribution in [2.45, 2.75) is 19.3 Å². The van der Waals surface area contributed by atoms with Crippen LogP contribution in [-0.4, -0.2) is 15.5 Å². The van der Waals surface area contributed by atoms with Gasteiger partial charge in [0.05, 0.1) is 5.56 Å². The molecule has 1 aliphatic rings. The first-order chi connectivity index (χ1) is 9.28. The molecule has 0 saturated heterocycles. The van der Waals surface area contributed by atoms with Crippen molar-refractivity contribution in [3.05, 3.63) is 68.9 Å². The molecule has 1 aromatic carbocycles. The van der Waals surface area contributed by atoms with Gasteiger partial charge in [-0.05, 0) is 54.7 Å². The Balaban J connectivity index is 2.07. The Morgan fingerprint density at radius 2 is 2.05 bits per heavy atom. The average molecular weight is 314 g/mol. The van der Waals surface area contributed by atoms with Gasteiger partial charge in [0.25, 0.3) is 0 Å². The summed E-state index contributed by atoms with van der Waals surface area (Å²) in [6, 6.07) is 9.73. The van der Waals surface area contributed by atoms with Crippen LogP contribution in [-0.2, 0) is 12.8 Å². The number of pyridine rings is 1. The Kier molecular flexibility index (Phi) is 3.28. The molecule has 4 heteroatoms. The topological polar surface area (TPSA) is 49.3 Å². The molecule has 0 unspecified atom stereocenters. The Hall–Kier alpha value is -1.77. The Morgan fingerprint density at radius 1 is 1.21 bits per heavy atom. The van der Waals surface area contributed by atoms with Crippen LogP contribution in [0, 0.1) is 0 Å². The molecule has 0 saturated carbocycles. The number of rotatable bonds is 2. The van der Waals surface area contributed by atoms with E-state index in [2.05, 4.69) is 25.7 Å². The van der Waals surface area contributed by atoms with E-state index >= 15 is 0 Å². The molecule has 1 aromatic heterocycles. The largest absolute Gasteiger partial charge is 0.361 e. The maximum absolute atomic E-state index is 9.30. The molecular weight excluding hydrogens is 302 g/mol. The number of hydrogen-bond donors (Lipinski definition) is 0. The number of fused-ring (bicyclic) bond motifs is 1. The summed E-state index contributed by atoms with van der Waals surface area (Å²) in [4.78, 5) is 7.85. The highest BCUT2D eigenvalue weighted by Crippen LogP contribution is 2.22. The highest BCUT2D eigenvalue weighted by atomic mass is 79.9. The first-order valence-corrected chi connectivity index (χ1v) is 7.03. The van der Waals surface area contributed by atoms with Crippen LogP contribution in [0.15, 0.2) is 41.0 Å². The van der Waals surface area contributed by atoms with E-state index in [-0.39, 0.29) is 0 Å². The standard InChI is InChI=1S/C15H12BrN3/c16-13-6-2-4-11(7-13)15(19-17)14-8-10-3-1-5-12(10)9-18-14/h2,4,6-9H,1,3,5H2. The second kappa shape index (κ2) is 5.08. The molecule has 0 spiro atoms. The van der Waals surface area contributed by atoms with E-state index in [1.165, 1.54) is 17.5 Å². The van der Waals surface area contributed by atoms with Crippen LogP contribution < -0.4 is 0 Å². The lowest BCUT2D eigenvalue weighted by Crippen LogP contribution is -2.08. The van der Waals surface area contributed by atoms with Gasteiger partial charge < -0.3 is 5.53 Å². The molecule has 1 aliphatic carbocycles. The summed E-state index contributed by atoms with van der Waals surface area (Å²) in [5, 5.41) is 0. The predicted octanol–water partition coefficient (Wildman–Crippen LogP) is 3.40. The Morgan fingerprint density at radius 3 is 2.84 bits per heavy atom. The first kappa shape index (κ1) is 12.3. The predicted molar refractivity (Wildman–Crippen MR) is 77.2 cm³/mol. The lowest BCUT2D eigenvalue weighted by atomic mass is 10.0. The third kappa shape index (κ3) is 2.37. The van der Waals surface area contributed by atoms with Crippen molar-refractivity contribution in [3.8, 4) is 0 Å². The summed E-state index contributed by atoms with van der Waals surface area (Å²) < 4.78 is 0.951. The zero-order valence-electron chi connectivity index (χ0n) is 10.3. The van der Waals surface area contributed by atoms with Crippen LogP contribution in [0.3, 0.4) is 0 Å². The van der Waals surface area contributed by atoms with Crippen molar-refractivity contribution in [1.29, 1.82) is 0 Å². The molecule has 0 N–H and O–H groups in total. The quantitative estimate of drug-likeness (QED) is 0.476. The van der Waals surface area contributed by atoms with Gasteiger partial charge in [-0.1, -0.05) is 22.0 Å². The maximum Gasteiger partial charge on any atom is 0.347 e. The molecule has 3 rings (SSSR count). The molecule has 1 heterocycles. The van der Waals surface area contributed by atoms with E-state index in [1.807, 2.05) is 36.5 Å². The van der Waals surface area contributed by atoms with Gasteiger partial charge in [-0.15, -0.1) is 0 Å². The monoisotopic (exact) mass is 313 g/mol. The molecule has 3 nitrogen and oxygen atoms in total. The van der Waals surface area contributed by atoms with Crippen LogP contribution in [0.1, 0.15) is 28.8 Å². The molecule has 94 valence electrons. The average Bonchev–Trinajstić information content (AvgIpc) is 2.87. The van der Waals surface area contributed by atoms with Crippen molar-refractivity contribution in [3.63, 3.8) is 0 Å². The van der Waals surface area contributed by atoms with E-state index in [0.717, 1.165) is 28.6 Å². The number of nitrogens with zero attached hydrogens (tertiary/aromatic N) is 3. The molecule has 2 aromatic rings. The maximum atomic E-state index is 9.30. The van der Waals surface area contributed by atoms with Crippen molar-refractivity contribution in [1.82, 2.24) is 4.98 Å². The fourth-order valence-corrected chi connectivity index (χ4v) is 2.87. The van der Waals surface area contributed by atoms with Crippen LogP contribution in [0.5, 0.6) is 0 Å². The third-order valence-corrected chi connectivity index (χ3v) is 3.91. The lowest BCUT2D eigenvalue weighted by molar-refractivity contribution is -0.00313. The molecule has 0 atom stereocenters. The summed E-state index contributed by atoms with van der Waals surface area (Å²) >= 11 is 3.42. The van der Waals surface area contributed by atoms with Crippen LogP contribution in [0.2, 0.25) is 0 Å². The number of aryl methyl sites for hydroxylation is 2.